The van der Waals surface area contributed by atoms with Crippen LogP contribution in [0.5, 0.6) is 0 Å². The van der Waals surface area contributed by atoms with Crippen LogP contribution < -0.4 is 5.32 Å². The van der Waals surface area contributed by atoms with Crippen molar-refractivity contribution in [3.8, 4) is 0 Å². The third-order valence-electron chi connectivity index (χ3n) is 3.93. The van der Waals surface area contributed by atoms with Gasteiger partial charge in [0.25, 0.3) is 0 Å². The Morgan fingerprint density at radius 3 is 2.35 bits per heavy atom. The van der Waals surface area contributed by atoms with E-state index in [1.165, 1.54) is 0 Å². The molecule has 0 saturated carbocycles. The average molecular weight is 276 g/mol. The first-order valence-corrected chi connectivity index (χ1v) is 6.75. The second-order valence-electron chi connectivity index (χ2n) is 5.52. The van der Waals surface area contributed by atoms with Crippen LogP contribution in [-0.4, -0.2) is 35.1 Å². The number of carbonyl (C=O) groups excluding carboxylic acids is 1. The fraction of sp³-hybridized carbons (Fsp3) is 0.467. The number of rotatable bonds is 2. The second kappa shape index (κ2) is 5.53. The van der Waals surface area contributed by atoms with Gasteiger partial charge in [-0.25, -0.2) is 4.79 Å². The van der Waals surface area contributed by atoms with Crippen molar-refractivity contribution < 1.29 is 14.7 Å². The van der Waals surface area contributed by atoms with Crippen molar-refractivity contribution in [1.82, 2.24) is 4.90 Å². The number of carboxylic acids is 1. The monoisotopic (exact) mass is 276 g/mol. The zero-order chi connectivity index (χ0) is 14.9. The van der Waals surface area contributed by atoms with Crippen molar-refractivity contribution in [3.05, 3.63) is 29.3 Å². The van der Waals surface area contributed by atoms with Crippen LogP contribution in [0.3, 0.4) is 0 Å². The van der Waals surface area contributed by atoms with Gasteiger partial charge in [-0.2, -0.15) is 0 Å². The maximum atomic E-state index is 12.3. The Labute approximate surface area is 118 Å². The quantitative estimate of drug-likeness (QED) is 0.872. The largest absolute Gasteiger partial charge is 0.481 e. The van der Waals surface area contributed by atoms with Crippen LogP contribution in [-0.2, 0) is 4.79 Å². The number of benzene rings is 1. The molecule has 2 atom stereocenters. The summed E-state index contributed by atoms with van der Waals surface area (Å²) in [7, 11) is 0. The number of anilines is 1. The summed E-state index contributed by atoms with van der Waals surface area (Å²) >= 11 is 0. The number of hydrogen-bond donors (Lipinski definition) is 2. The number of carboxylic acid groups (broad SMARTS) is 1. The highest BCUT2D eigenvalue weighted by molar-refractivity contribution is 5.91. The van der Waals surface area contributed by atoms with Crippen LogP contribution in [0.15, 0.2) is 18.2 Å². The fourth-order valence-electron chi connectivity index (χ4n) is 2.65. The summed E-state index contributed by atoms with van der Waals surface area (Å²) in [5.41, 5.74) is 2.81. The van der Waals surface area contributed by atoms with Crippen molar-refractivity contribution >= 4 is 17.7 Å². The molecule has 5 nitrogen and oxygen atoms in total. The number of para-hydroxylation sites is 1. The Hall–Kier alpha value is -2.04. The number of nitrogens with zero attached hydrogens (tertiary/aromatic N) is 1. The molecule has 0 radical (unpaired) electrons. The van der Waals surface area contributed by atoms with Gasteiger partial charge in [-0.15, -0.1) is 0 Å². The minimum atomic E-state index is -0.833. The van der Waals surface area contributed by atoms with E-state index in [9.17, 15) is 9.59 Å². The molecule has 108 valence electrons. The van der Waals surface area contributed by atoms with Gasteiger partial charge in [-0.1, -0.05) is 25.1 Å². The number of aliphatic carboxylic acids is 1. The predicted octanol–water partition coefficient (Wildman–Crippen LogP) is 2.49. The molecular formula is C15H20N2O3. The van der Waals surface area contributed by atoms with Gasteiger partial charge < -0.3 is 15.3 Å². The Morgan fingerprint density at radius 1 is 1.25 bits per heavy atom. The van der Waals surface area contributed by atoms with Gasteiger partial charge in [0, 0.05) is 18.8 Å². The van der Waals surface area contributed by atoms with Crippen molar-refractivity contribution in [2.75, 3.05) is 18.4 Å². The van der Waals surface area contributed by atoms with E-state index in [2.05, 4.69) is 5.32 Å². The van der Waals surface area contributed by atoms with Crippen molar-refractivity contribution in [2.24, 2.45) is 11.8 Å². The van der Waals surface area contributed by atoms with Crippen LogP contribution in [0.4, 0.5) is 10.5 Å². The van der Waals surface area contributed by atoms with Crippen LogP contribution in [0.2, 0.25) is 0 Å². The minimum Gasteiger partial charge on any atom is -0.481 e. The van der Waals surface area contributed by atoms with E-state index in [4.69, 9.17) is 5.11 Å². The van der Waals surface area contributed by atoms with Gasteiger partial charge in [0.2, 0.25) is 0 Å². The lowest BCUT2D eigenvalue weighted by Gasteiger charge is -2.19. The third kappa shape index (κ3) is 2.76. The SMILES string of the molecule is Cc1cccc(C)c1NC(=O)N1CC(C)C(C(=O)O)C1. The lowest BCUT2D eigenvalue weighted by Crippen LogP contribution is -2.34. The molecule has 1 heterocycles. The average Bonchev–Trinajstić information content (AvgIpc) is 2.76. The standard InChI is InChI=1S/C15H20N2O3/c1-9-5-4-6-10(2)13(9)16-15(20)17-7-11(3)12(8-17)14(18)19/h4-6,11-12H,7-8H2,1-3H3,(H,16,20)(H,18,19). The summed E-state index contributed by atoms with van der Waals surface area (Å²) in [6.07, 6.45) is 0. The summed E-state index contributed by atoms with van der Waals surface area (Å²) in [6.45, 7) is 6.50. The second-order valence-corrected chi connectivity index (χ2v) is 5.52. The lowest BCUT2D eigenvalue weighted by atomic mass is 9.99. The highest BCUT2D eigenvalue weighted by Gasteiger charge is 2.37. The van der Waals surface area contributed by atoms with E-state index < -0.39 is 11.9 Å². The maximum absolute atomic E-state index is 12.3. The number of likely N-dealkylation sites (tertiary alicyclic amines) is 1. The normalized spacial score (nSPS) is 21.9. The van der Waals surface area contributed by atoms with Crippen LogP contribution in [0, 0.1) is 25.7 Å². The van der Waals surface area contributed by atoms with Crippen molar-refractivity contribution in [2.45, 2.75) is 20.8 Å². The molecule has 2 unspecified atom stereocenters. The Balaban J connectivity index is 2.08. The van der Waals surface area contributed by atoms with E-state index in [-0.39, 0.29) is 18.5 Å². The molecular weight excluding hydrogens is 256 g/mol. The number of nitrogens with one attached hydrogen (secondary N) is 1. The molecule has 1 aromatic rings. The Kier molecular flexibility index (Phi) is 3.97. The molecule has 0 aromatic heterocycles. The smallest absolute Gasteiger partial charge is 0.321 e. The molecule has 2 amide bonds. The van der Waals surface area contributed by atoms with E-state index in [1.807, 2.05) is 39.0 Å². The van der Waals surface area contributed by atoms with Crippen molar-refractivity contribution in [3.63, 3.8) is 0 Å². The van der Waals surface area contributed by atoms with E-state index in [0.29, 0.717) is 6.54 Å². The molecule has 1 saturated heterocycles. The highest BCUT2D eigenvalue weighted by Crippen LogP contribution is 2.25. The fourth-order valence-corrected chi connectivity index (χ4v) is 2.65. The first kappa shape index (κ1) is 14.4. The number of hydrogen-bond acceptors (Lipinski definition) is 2. The van der Waals surface area contributed by atoms with Crippen LogP contribution in [0.1, 0.15) is 18.1 Å². The topological polar surface area (TPSA) is 69.6 Å². The molecule has 5 heteroatoms. The maximum Gasteiger partial charge on any atom is 0.321 e. The molecule has 1 aromatic carbocycles. The van der Waals surface area contributed by atoms with Gasteiger partial charge in [-0.3, -0.25) is 4.79 Å². The van der Waals surface area contributed by atoms with Gasteiger partial charge in [0.15, 0.2) is 0 Å². The van der Waals surface area contributed by atoms with E-state index in [1.54, 1.807) is 4.90 Å². The zero-order valence-corrected chi connectivity index (χ0v) is 12.0. The molecule has 1 fully saturated rings. The predicted molar refractivity (Wildman–Crippen MR) is 76.8 cm³/mol. The zero-order valence-electron chi connectivity index (χ0n) is 12.0. The van der Waals surface area contributed by atoms with Gasteiger partial charge in [-0.05, 0) is 30.9 Å². The molecule has 20 heavy (non-hydrogen) atoms. The molecule has 2 rings (SSSR count). The Bertz CT molecular complexity index is 522. The van der Waals surface area contributed by atoms with Gasteiger partial charge in [0.1, 0.15) is 0 Å². The number of urea groups is 1. The molecule has 2 N–H and O–H groups in total. The van der Waals surface area contributed by atoms with E-state index in [0.717, 1.165) is 16.8 Å². The Morgan fingerprint density at radius 2 is 1.85 bits per heavy atom. The molecule has 0 aliphatic carbocycles. The molecule has 1 aliphatic rings. The third-order valence-corrected chi connectivity index (χ3v) is 3.93. The van der Waals surface area contributed by atoms with Gasteiger partial charge in [0.05, 0.1) is 5.92 Å². The summed E-state index contributed by atoms with van der Waals surface area (Å²) in [4.78, 5) is 24.9. The molecule has 0 bridgehead atoms. The number of amides is 2. The first-order chi connectivity index (χ1) is 9.40. The van der Waals surface area contributed by atoms with E-state index >= 15 is 0 Å². The number of aryl methyl sites for hydroxylation is 2. The summed E-state index contributed by atoms with van der Waals surface area (Å²) in [5, 5.41) is 12.0. The summed E-state index contributed by atoms with van der Waals surface area (Å²) in [6, 6.07) is 5.60. The van der Waals surface area contributed by atoms with Gasteiger partial charge >= 0.3 is 12.0 Å². The first-order valence-electron chi connectivity index (χ1n) is 6.75. The van der Waals surface area contributed by atoms with Crippen molar-refractivity contribution in [1.29, 1.82) is 0 Å². The minimum absolute atomic E-state index is 0.0174. The lowest BCUT2D eigenvalue weighted by molar-refractivity contribution is -0.142. The highest BCUT2D eigenvalue weighted by atomic mass is 16.4. The van der Waals surface area contributed by atoms with Crippen LogP contribution in [0.25, 0.3) is 0 Å². The molecule has 1 aliphatic heterocycles. The summed E-state index contributed by atoms with van der Waals surface area (Å²) < 4.78 is 0. The summed E-state index contributed by atoms with van der Waals surface area (Å²) in [5.74, 6) is -1.32. The number of carbonyl (C=O) groups is 2. The van der Waals surface area contributed by atoms with Crippen LogP contribution >= 0.6 is 0 Å². The molecule has 0 spiro atoms.